The number of rotatable bonds is 3. The van der Waals surface area contributed by atoms with E-state index in [1.807, 2.05) is 11.9 Å². The lowest BCUT2D eigenvalue weighted by molar-refractivity contribution is 0.0731. The summed E-state index contributed by atoms with van der Waals surface area (Å²) in [6.07, 6.45) is 1.92. The van der Waals surface area contributed by atoms with Gasteiger partial charge in [-0.05, 0) is 38.4 Å². The lowest BCUT2D eigenvalue weighted by Gasteiger charge is -2.24. The standard InChI is InChI=1S/C17H23N5O3/c1-10-8-12(15(23)22-7-5-6-11(22)9-18-2)19-14-13(10)16(24)21(4)17(25)20(14)3/h8,11,18H,5-7,9H2,1-4H3. The van der Waals surface area contributed by atoms with Crippen LogP contribution in [0.5, 0.6) is 0 Å². The Morgan fingerprint density at radius 2 is 2.04 bits per heavy atom. The molecular weight excluding hydrogens is 322 g/mol. The number of aryl methyl sites for hydroxylation is 2. The van der Waals surface area contributed by atoms with Gasteiger partial charge in [0.15, 0.2) is 0 Å². The van der Waals surface area contributed by atoms with Gasteiger partial charge in [-0.2, -0.15) is 0 Å². The van der Waals surface area contributed by atoms with E-state index in [9.17, 15) is 14.4 Å². The molecule has 8 heteroatoms. The maximum Gasteiger partial charge on any atom is 0.332 e. The molecule has 3 rings (SSSR count). The first kappa shape index (κ1) is 17.3. The molecule has 0 spiro atoms. The van der Waals surface area contributed by atoms with Crippen LogP contribution in [0.1, 0.15) is 28.9 Å². The van der Waals surface area contributed by atoms with Crippen molar-refractivity contribution in [3.8, 4) is 0 Å². The van der Waals surface area contributed by atoms with Crippen LogP contribution in [0.4, 0.5) is 0 Å². The fourth-order valence-electron chi connectivity index (χ4n) is 3.54. The highest BCUT2D eigenvalue weighted by Gasteiger charge is 2.30. The lowest BCUT2D eigenvalue weighted by atomic mass is 10.1. The van der Waals surface area contributed by atoms with Crippen LogP contribution in [-0.4, -0.2) is 51.1 Å². The number of hydrogen-bond donors (Lipinski definition) is 1. The molecule has 1 saturated heterocycles. The molecule has 25 heavy (non-hydrogen) atoms. The van der Waals surface area contributed by atoms with Crippen LogP contribution in [0.2, 0.25) is 0 Å². The number of aromatic nitrogens is 3. The summed E-state index contributed by atoms with van der Waals surface area (Å²) < 4.78 is 2.37. The van der Waals surface area contributed by atoms with Crippen LogP contribution >= 0.6 is 0 Å². The maximum atomic E-state index is 12.9. The lowest BCUT2D eigenvalue weighted by Crippen LogP contribution is -2.41. The second-order valence-electron chi connectivity index (χ2n) is 6.58. The Bertz CT molecular complexity index is 959. The highest BCUT2D eigenvalue weighted by molar-refractivity contribution is 5.95. The van der Waals surface area contributed by atoms with Crippen molar-refractivity contribution in [2.24, 2.45) is 14.1 Å². The van der Waals surface area contributed by atoms with Crippen LogP contribution in [0.15, 0.2) is 15.7 Å². The number of pyridine rings is 1. The first-order valence-corrected chi connectivity index (χ1v) is 8.39. The first-order valence-electron chi connectivity index (χ1n) is 8.39. The average molecular weight is 345 g/mol. The molecule has 1 aliphatic rings. The molecule has 0 bridgehead atoms. The number of hydrogen-bond acceptors (Lipinski definition) is 5. The van der Waals surface area contributed by atoms with Gasteiger partial charge in [-0.3, -0.25) is 18.7 Å². The van der Waals surface area contributed by atoms with E-state index in [4.69, 9.17) is 0 Å². The third-order valence-corrected chi connectivity index (χ3v) is 4.90. The van der Waals surface area contributed by atoms with Crippen molar-refractivity contribution in [2.45, 2.75) is 25.8 Å². The highest BCUT2D eigenvalue weighted by Crippen LogP contribution is 2.21. The predicted octanol–water partition coefficient (Wildman–Crippen LogP) is -0.235. The number of amides is 1. The summed E-state index contributed by atoms with van der Waals surface area (Å²) in [6, 6.07) is 1.79. The van der Waals surface area contributed by atoms with Crippen LogP contribution in [0.3, 0.4) is 0 Å². The van der Waals surface area contributed by atoms with Crippen molar-refractivity contribution in [1.29, 1.82) is 0 Å². The molecule has 1 N–H and O–H groups in total. The Labute approximate surface area is 145 Å². The van der Waals surface area contributed by atoms with Crippen LogP contribution in [-0.2, 0) is 14.1 Å². The number of likely N-dealkylation sites (tertiary alicyclic amines) is 1. The number of carbonyl (C=O) groups excluding carboxylic acids is 1. The zero-order chi connectivity index (χ0) is 18.3. The normalized spacial score (nSPS) is 17.4. The van der Waals surface area contributed by atoms with E-state index in [2.05, 4.69) is 10.3 Å². The maximum absolute atomic E-state index is 12.9. The monoisotopic (exact) mass is 345 g/mol. The summed E-state index contributed by atoms with van der Waals surface area (Å²) >= 11 is 0. The van der Waals surface area contributed by atoms with Crippen molar-refractivity contribution >= 4 is 16.9 Å². The molecule has 0 aromatic carbocycles. The van der Waals surface area contributed by atoms with Gasteiger partial charge in [0.2, 0.25) is 0 Å². The minimum atomic E-state index is -0.455. The van der Waals surface area contributed by atoms with Gasteiger partial charge < -0.3 is 10.2 Å². The predicted molar refractivity (Wildman–Crippen MR) is 94.9 cm³/mol. The van der Waals surface area contributed by atoms with E-state index < -0.39 is 11.2 Å². The van der Waals surface area contributed by atoms with E-state index in [0.29, 0.717) is 17.5 Å². The molecule has 0 saturated carbocycles. The Morgan fingerprint density at radius 3 is 2.72 bits per heavy atom. The molecule has 1 unspecified atom stereocenters. The van der Waals surface area contributed by atoms with Gasteiger partial charge in [-0.15, -0.1) is 0 Å². The second kappa shape index (κ2) is 6.44. The molecule has 0 aliphatic carbocycles. The highest BCUT2D eigenvalue weighted by atomic mass is 16.2. The van der Waals surface area contributed by atoms with E-state index in [1.165, 1.54) is 11.6 Å². The summed E-state index contributed by atoms with van der Waals surface area (Å²) in [5, 5.41) is 3.48. The Balaban J connectivity index is 2.14. The summed E-state index contributed by atoms with van der Waals surface area (Å²) in [5.41, 5.74) is 0.325. The molecule has 2 aromatic heterocycles. The van der Waals surface area contributed by atoms with Gasteiger partial charge in [0.25, 0.3) is 11.5 Å². The molecular formula is C17H23N5O3. The van der Waals surface area contributed by atoms with Gasteiger partial charge in [0, 0.05) is 33.2 Å². The third-order valence-electron chi connectivity index (χ3n) is 4.90. The van der Waals surface area contributed by atoms with Crippen LogP contribution < -0.4 is 16.6 Å². The Kier molecular flexibility index (Phi) is 4.47. The minimum absolute atomic E-state index is 0.141. The summed E-state index contributed by atoms with van der Waals surface area (Å²) in [5.74, 6) is -0.157. The molecule has 1 aliphatic heterocycles. The van der Waals surface area contributed by atoms with Crippen molar-refractivity contribution in [3.05, 3.63) is 38.2 Å². The third kappa shape index (κ3) is 2.76. The fraction of sp³-hybridized carbons (Fsp3) is 0.529. The van der Waals surface area contributed by atoms with Crippen LogP contribution in [0, 0.1) is 6.92 Å². The van der Waals surface area contributed by atoms with Gasteiger partial charge >= 0.3 is 5.69 Å². The fourth-order valence-corrected chi connectivity index (χ4v) is 3.54. The number of likely N-dealkylation sites (N-methyl/N-ethyl adjacent to an activating group) is 1. The van der Waals surface area contributed by atoms with Gasteiger partial charge in [-0.25, -0.2) is 9.78 Å². The molecule has 8 nitrogen and oxygen atoms in total. The van der Waals surface area contributed by atoms with Crippen molar-refractivity contribution in [2.75, 3.05) is 20.1 Å². The summed E-state index contributed by atoms with van der Waals surface area (Å²) in [4.78, 5) is 43.7. The van der Waals surface area contributed by atoms with Crippen molar-refractivity contribution in [1.82, 2.24) is 24.3 Å². The van der Waals surface area contributed by atoms with Gasteiger partial charge in [-0.1, -0.05) is 0 Å². The van der Waals surface area contributed by atoms with Crippen LogP contribution in [0.25, 0.3) is 11.0 Å². The minimum Gasteiger partial charge on any atom is -0.333 e. The smallest absolute Gasteiger partial charge is 0.332 e. The van der Waals surface area contributed by atoms with E-state index in [-0.39, 0.29) is 23.3 Å². The Morgan fingerprint density at radius 1 is 1.32 bits per heavy atom. The molecule has 134 valence electrons. The van der Waals surface area contributed by atoms with E-state index >= 15 is 0 Å². The number of nitrogens with zero attached hydrogens (tertiary/aromatic N) is 4. The van der Waals surface area contributed by atoms with Gasteiger partial charge in [0.05, 0.1) is 5.39 Å². The average Bonchev–Trinajstić information content (AvgIpc) is 3.05. The van der Waals surface area contributed by atoms with Gasteiger partial charge in [0.1, 0.15) is 11.3 Å². The number of carbonyl (C=O) groups is 1. The van der Waals surface area contributed by atoms with E-state index in [0.717, 1.165) is 24.0 Å². The first-order chi connectivity index (χ1) is 11.9. The van der Waals surface area contributed by atoms with Crippen molar-refractivity contribution in [3.63, 3.8) is 0 Å². The number of fused-ring (bicyclic) bond motifs is 1. The van der Waals surface area contributed by atoms with Crippen molar-refractivity contribution < 1.29 is 4.79 Å². The molecule has 0 radical (unpaired) electrons. The topological polar surface area (TPSA) is 89.2 Å². The zero-order valence-corrected chi connectivity index (χ0v) is 15.0. The zero-order valence-electron chi connectivity index (χ0n) is 15.0. The molecule has 2 aromatic rings. The summed E-state index contributed by atoms with van der Waals surface area (Å²) in [7, 11) is 4.87. The molecule has 1 amide bonds. The molecule has 1 atom stereocenters. The second-order valence-corrected chi connectivity index (χ2v) is 6.58. The SMILES string of the molecule is CNCC1CCCN1C(=O)c1cc(C)c2c(=O)n(C)c(=O)n(C)c2n1. The summed E-state index contributed by atoms with van der Waals surface area (Å²) in [6.45, 7) is 3.19. The molecule has 3 heterocycles. The largest absolute Gasteiger partial charge is 0.333 e. The molecule has 1 fully saturated rings. The Hall–Kier alpha value is -2.48. The number of nitrogens with one attached hydrogen (secondary N) is 1. The quantitative estimate of drug-likeness (QED) is 0.830. The van der Waals surface area contributed by atoms with E-state index in [1.54, 1.807) is 20.0 Å².